The number of halogens is 1. The molecule has 0 aromatic rings. The van der Waals surface area contributed by atoms with Gasteiger partial charge in [-0.25, -0.2) is 0 Å². The van der Waals surface area contributed by atoms with E-state index in [4.69, 9.17) is 4.74 Å². The summed E-state index contributed by atoms with van der Waals surface area (Å²) < 4.78 is 5.16. The van der Waals surface area contributed by atoms with Crippen LogP contribution in [0.4, 0.5) is 0 Å². The first-order chi connectivity index (χ1) is 6.76. The fourth-order valence-electron chi connectivity index (χ4n) is 1.62. The van der Waals surface area contributed by atoms with Crippen molar-refractivity contribution < 1.29 is 4.74 Å². The van der Waals surface area contributed by atoms with Gasteiger partial charge in [-0.3, -0.25) is 4.90 Å². The molecule has 0 aliphatic rings. The number of rotatable bonds is 9. The molecule has 0 aromatic carbocycles. The minimum atomic E-state index is 0.550. The second kappa shape index (κ2) is 9.94. The zero-order chi connectivity index (χ0) is 10.8. The fourth-order valence-corrected chi connectivity index (χ4v) is 2.02. The lowest BCUT2D eigenvalue weighted by Gasteiger charge is -2.27. The smallest absolute Gasteiger partial charge is 0.0615 e. The van der Waals surface area contributed by atoms with Crippen LogP contribution in [-0.2, 0) is 4.74 Å². The van der Waals surface area contributed by atoms with Crippen LogP contribution in [-0.4, -0.2) is 43.1 Å². The van der Waals surface area contributed by atoms with E-state index in [2.05, 4.69) is 34.7 Å². The number of nitrogens with zero attached hydrogens (tertiary/aromatic N) is 1. The van der Waals surface area contributed by atoms with Crippen LogP contribution in [0.2, 0.25) is 0 Å². The molecule has 86 valence electrons. The van der Waals surface area contributed by atoms with Gasteiger partial charge in [-0.05, 0) is 32.9 Å². The van der Waals surface area contributed by atoms with E-state index in [9.17, 15) is 0 Å². The summed E-state index contributed by atoms with van der Waals surface area (Å²) in [7, 11) is 1.77. The lowest BCUT2D eigenvalue weighted by molar-refractivity contribution is 0.101. The first-order valence-corrected chi connectivity index (χ1v) is 6.67. The predicted molar refractivity (Wildman–Crippen MR) is 66.2 cm³/mol. The molecule has 0 saturated heterocycles. The Labute approximate surface area is 97.1 Å². The molecule has 2 nitrogen and oxygen atoms in total. The zero-order valence-corrected chi connectivity index (χ0v) is 11.3. The van der Waals surface area contributed by atoms with E-state index in [1.165, 1.54) is 25.8 Å². The van der Waals surface area contributed by atoms with Crippen LogP contribution in [0.25, 0.3) is 0 Å². The van der Waals surface area contributed by atoms with Gasteiger partial charge in [-0.1, -0.05) is 29.3 Å². The number of methoxy groups -OCH3 is 1. The van der Waals surface area contributed by atoms with Gasteiger partial charge < -0.3 is 4.74 Å². The Morgan fingerprint density at radius 2 is 2.00 bits per heavy atom. The van der Waals surface area contributed by atoms with E-state index >= 15 is 0 Å². The summed E-state index contributed by atoms with van der Waals surface area (Å²) in [5.74, 6) is 0. The van der Waals surface area contributed by atoms with E-state index in [0.717, 1.165) is 18.5 Å². The van der Waals surface area contributed by atoms with E-state index in [-0.39, 0.29) is 0 Å². The van der Waals surface area contributed by atoms with Gasteiger partial charge in [0.1, 0.15) is 0 Å². The summed E-state index contributed by atoms with van der Waals surface area (Å²) in [5.41, 5.74) is 0. The molecular weight excluding hydrogens is 242 g/mol. The Hall–Kier alpha value is 0.400. The molecule has 0 heterocycles. The summed E-state index contributed by atoms with van der Waals surface area (Å²) in [4.78, 5) is 2.48. The van der Waals surface area contributed by atoms with Crippen LogP contribution in [0, 0.1) is 0 Å². The Morgan fingerprint density at radius 3 is 2.50 bits per heavy atom. The average Bonchev–Trinajstić information content (AvgIpc) is 2.18. The molecule has 0 spiro atoms. The molecule has 1 atom stereocenters. The molecule has 0 amide bonds. The fraction of sp³-hybridized carbons (Fsp3) is 1.00. The highest BCUT2D eigenvalue weighted by molar-refractivity contribution is 9.09. The number of alkyl halides is 1. The van der Waals surface area contributed by atoms with Gasteiger partial charge in [0.2, 0.25) is 0 Å². The van der Waals surface area contributed by atoms with Crippen LogP contribution in [0.1, 0.15) is 33.1 Å². The maximum atomic E-state index is 5.16. The lowest BCUT2D eigenvalue weighted by atomic mass is 10.2. The highest BCUT2D eigenvalue weighted by Gasteiger charge is 2.10. The highest BCUT2D eigenvalue weighted by Crippen LogP contribution is 2.04. The van der Waals surface area contributed by atoms with Gasteiger partial charge >= 0.3 is 0 Å². The van der Waals surface area contributed by atoms with Crippen LogP contribution in [0.3, 0.4) is 0 Å². The van der Waals surface area contributed by atoms with Crippen molar-refractivity contribution in [1.29, 1.82) is 0 Å². The number of ether oxygens (including phenoxy) is 1. The molecule has 0 fully saturated rings. The Balaban J connectivity index is 3.56. The van der Waals surface area contributed by atoms with E-state index in [1.807, 2.05) is 0 Å². The Morgan fingerprint density at radius 1 is 1.29 bits per heavy atom. The highest BCUT2D eigenvalue weighted by atomic mass is 79.9. The van der Waals surface area contributed by atoms with Gasteiger partial charge in [0.15, 0.2) is 0 Å². The van der Waals surface area contributed by atoms with Gasteiger partial charge in [-0.2, -0.15) is 0 Å². The van der Waals surface area contributed by atoms with Crippen LogP contribution in [0.15, 0.2) is 0 Å². The average molecular weight is 266 g/mol. The Kier molecular flexibility index (Phi) is 10.2. The molecule has 0 aliphatic carbocycles. The third-order valence-corrected chi connectivity index (χ3v) is 3.08. The molecule has 0 radical (unpaired) electrons. The topological polar surface area (TPSA) is 12.5 Å². The van der Waals surface area contributed by atoms with Gasteiger partial charge in [0, 0.05) is 18.5 Å². The van der Waals surface area contributed by atoms with Crippen molar-refractivity contribution in [1.82, 2.24) is 4.90 Å². The lowest BCUT2D eigenvalue weighted by Crippen LogP contribution is -2.36. The quantitative estimate of drug-likeness (QED) is 0.470. The molecule has 0 aliphatic heterocycles. The number of hydrogen-bond acceptors (Lipinski definition) is 2. The standard InChI is InChI=1S/C11H24BrNO/c1-4-13(11(2)10-14-3)9-7-5-6-8-12/h11H,4-10H2,1-3H3. The molecular formula is C11H24BrNO. The largest absolute Gasteiger partial charge is 0.383 e. The van der Waals surface area contributed by atoms with Crippen molar-refractivity contribution in [3.05, 3.63) is 0 Å². The van der Waals surface area contributed by atoms with Crippen LogP contribution in [0.5, 0.6) is 0 Å². The maximum absolute atomic E-state index is 5.16. The summed E-state index contributed by atoms with van der Waals surface area (Å²) in [6.45, 7) is 7.62. The number of unbranched alkanes of at least 4 members (excludes halogenated alkanes) is 2. The zero-order valence-electron chi connectivity index (χ0n) is 9.76. The summed E-state index contributed by atoms with van der Waals surface area (Å²) >= 11 is 3.45. The van der Waals surface area contributed by atoms with E-state index < -0.39 is 0 Å². The van der Waals surface area contributed by atoms with Gasteiger partial charge in [0.25, 0.3) is 0 Å². The van der Waals surface area contributed by atoms with Crippen molar-refractivity contribution in [3.63, 3.8) is 0 Å². The third kappa shape index (κ3) is 6.80. The molecule has 0 rings (SSSR count). The Bertz CT molecular complexity index is 122. The summed E-state index contributed by atoms with van der Waals surface area (Å²) in [6.07, 6.45) is 3.91. The third-order valence-electron chi connectivity index (χ3n) is 2.52. The maximum Gasteiger partial charge on any atom is 0.0615 e. The predicted octanol–water partition coefficient (Wildman–Crippen LogP) is 2.91. The second-order valence-electron chi connectivity index (χ2n) is 3.68. The van der Waals surface area contributed by atoms with E-state index in [0.29, 0.717) is 6.04 Å². The number of likely N-dealkylation sites (N-methyl/N-ethyl adjacent to an activating group) is 1. The van der Waals surface area contributed by atoms with Crippen molar-refractivity contribution in [2.45, 2.75) is 39.2 Å². The normalized spacial score (nSPS) is 13.5. The van der Waals surface area contributed by atoms with Crippen molar-refractivity contribution >= 4 is 15.9 Å². The van der Waals surface area contributed by atoms with Crippen molar-refractivity contribution in [3.8, 4) is 0 Å². The monoisotopic (exact) mass is 265 g/mol. The van der Waals surface area contributed by atoms with Crippen LogP contribution < -0.4 is 0 Å². The number of hydrogen-bond donors (Lipinski definition) is 0. The minimum absolute atomic E-state index is 0.550. The summed E-state index contributed by atoms with van der Waals surface area (Å²) in [5, 5.41) is 1.13. The molecule has 0 aromatic heterocycles. The molecule has 0 bridgehead atoms. The summed E-state index contributed by atoms with van der Waals surface area (Å²) in [6, 6.07) is 0.550. The van der Waals surface area contributed by atoms with Crippen LogP contribution >= 0.6 is 15.9 Å². The van der Waals surface area contributed by atoms with E-state index in [1.54, 1.807) is 7.11 Å². The SMILES string of the molecule is CCN(CCCCCBr)C(C)COC. The second-order valence-corrected chi connectivity index (χ2v) is 4.48. The molecule has 3 heteroatoms. The first-order valence-electron chi connectivity index (χ1n) is 5.55. The molecule has 0 saturated carbocycles. The van der Waals surface area contributed by atoms with Crippen molar-refractivity contribution in [2.24, 2.45) is 0 Å². The van der Waals surface area contributed by atoms with Gasteiger partial charge in [0.05, 0.1) is 6.61 Å². The first kappa shape index (κ1) is 14.4. The van der Waals surface area contributed by atoms with Gasteiger partial charge in [-0.15, -0.1) is 0 Å². The molecule has 14 heavy (non-hydrogen) atoms. The molecule has 1 unspecified atom stereocenters. The molecule has 0 N–H and O–H groups in total. The minimum Gasteiger partial charge on any atom is -0.383 e. The van der Waals surface area contributed by atoms with Crippen molar-refractivity contribution in [2.75, 3.05) is 32.1 Å².